The zero-order chi connectivity index (χ0) is 15.4. The van der Waals surface area contributed by atoms with Gasteiger partial charge in [-0.3, -0.25) is 4.79 Å². The lowest BCUT2D eigenvalue weighted by molar-refractivity contribution is 0.102. The van der Waals surface area contributed by atoms with Crippen molar-refractivity contribution in [3.8, 4) is 0 Å². The van der Waals surface area contributed by atoms with E-state index in [0.717, 1.165) is 0 Å². The maximum atomic E-state index is 13.6. The number of amides is 1. The first-order valence-electron chi connectivity index (χ1n) is 6.18. The van der Waals surface area contributed by atoms with Crippen LogP contribution in [0, 0.1) is 5.82 Å². The van der Waals surface area contributed by atoms with Crippen LogP contribution in [-0.2, 0) is 0 Å². The zero-order valence-electron chi connectivity index (χ0n) is 11.1. The van der Waals surface area contributed by atoms with Gasteiger partial charge in [-0.25, -0.2) is 9.37 Å². The zero-order valence-corrected chi connectivity index (χ0v) is 13.4. The number of hydrogen-bond donors (Lipinski definition) is 2. The predicted octanol–water partition coefficient (Wildman–Crippen LogP) is 4.32. The summed E-state index contributed by atoms with van der Waals surface area (Å²) in [6, 6.07) is 7.50. The largest absolute Gasteiger partial charge is 0.370 e. The van der Waals surface area contributed by atoms with Crippen LogP contribution in [0.2, 0.25) is 5.02 Å². The van der Waals surface area contributed by atoms with E-state index in [4.69, 9.17) is 11.6 Å². The Morgan fingerprint density at radius 3 is 2.86 bits per heavy atom. The molecule has 0 atom stereocenters. The summed E-state index contributed by atoms with van der Waals surface area (Å²) in [5.41, 5.74) is 0.0931. The van der Waals surface area contributed by atoms with E-state index in [1.807, 2.05) is 6.92 Å². The van der Waals surface area contributed by atoms with Crippen LogP contribution in [0.5, 0.6) is 0 Å². The van der Waals surface area contributed by atoms with Gasteiger partial charge < -0.3 is 10.6 Å². The summed E-state index contributed by atoms with van der Waals surface area (Å²) in [5, 5.41) is 5.64. The molecule has 1 heterocycles. The van der Waals surface area contributed by atoms with E-state index in [1.54, 1.807) is 18.2 Å². The molecule has 2 rings (SSSR count). The Morgan fingerprint density at radius 1 is 1.38 bits per heavy atom. The highest BCUT2D eigenvalue weighted by Crippen LogP contribution is 2.22. The van der Waals surface area contributed by atoms with E-state index in [2.05, 4.69) is 31.5 Å². The molecule has 1 amide bonds. The second kappa shape index (κ2) is 6.87. The lowest BCUT2D eigenvalue weighted by Crippen LogP contribution is -2.16. The molecule has 0 radical (unpaired) electrons. The number of hydrogen-bond acceptors (Lipinski definition) is 3. The Balaban J connectivity index is 2.27. The lowest BCUT2D eigenvalue weighted by Gasteiger charge is -2.09. The van der Waals surface area contributed by atoms with E-state index in [9.17, 15) is 9.18 Å². The standard InChI is InChI=1S/C14H12BrClFN3O/c1-2-18-12-6-4-9(16)13(20-12)14(21)19-11-7-8(15)3-5-10(11)17/h3-7H,2H2,1H3,(H,18,20)(H,19,21). The lowest BCUT2D eigenvalue weighted by atomic mass is 10.2. The Hall–Kier alpha value is -1.66. The summed E-state index contributed by atoms with van der Waals surface area (Å²) < 4.78 is 14.3. The predicted molar refractivity (Wildman–Crippen MR) is 85.5 cm³/mol. The van der Waals surface area contributed by atoms with Gasteiger partial charge in [0.25, 0.3) is 5.91 Å². The van der Waals surface area contributed by atoms with Crippen molar-refractivity contribution in [3.63, 3.8) is 0 Å². The molecule has 0 fully saturated rings. The molecule has 110 valence electrons. The second-order valence-electron chi connectivity index (χ2n) is 4.14. The number of anilines is 2. The molecule has 0 spiro atoms. The third-order valence-electron chi connectivity index (χ3n) is 2.60. The Kier molecular flexibility index (Phi) is 5.14. The van der Waals surface area contributed by atoms with Crippen LogP contribution in [0.25, 0.3) is 0 Å². The van der Waals surface area contributed by atoms with Crippen molar-refractivity contribution >= 4 is 44.9 Å². The first kappa shape index (κ1) is 15.7. The topological polar surface area (TPSA) is 54.0 Å². The van der Waals surface area contributed by atoms with E-state index >= 15 is 0 Å². The van der Waals surface area contributed by atoms with Gasteiger partial charge in [-0.2, -0.15) is 0 Å². The molecule has 0 aliphatic heterocycles. The van der Waals surface area contributed by atoms with Gasteiger partial charge in [0, 0.05) is 11.0 Å². The van der Waals surface area contributed by atoms with Gasteiger partial charge in [-0.15, -0.1) is 0 Å². The highest BCUT2D eigenvalue weighted by atomic mass is 79.9. The van der Waals surface area contributed by atoms with Crippen molar-refractivity contribution in [2.75, 3.05) is 17.2 Å². The number of rotatable bonds is 4. The Labute approximate surface area is 134 Å². The molecule has 7 heteroatoms. The average Bonchev–Trinajstić information content (AvgIpc) is 2.45. The molecule has 0 aliphatic rings. The minimum absolute atomic E-state index is 0.0366. The minimum atomic E-state index is -0.572. The summed E-state index contributed by atoms with van der Waals surface area (Å²) in [6.45, 7) is 2.57. The monoisotopic (exact) mass is 371 g/mol. The van der Waals surface area contributed by atoms with Crippen LogP contribution >= 0.6 is 27.5 Å². The summed E-state index contributed by atoms with van der Waals surface area (Å²) in [6.07, 6.45) is 0. The highest BCUT2D eigenvalue weighted by molar-refractivity contribution is 9.10. The van der Waals surface area contributed by atoms with Crippen molar-refractivity contribution in [2.45, 2.75) is 6.92 Å². The number of halogens is 3. The average molecular weight is 373 g/mol. The normalized spacial score (nSPS) is 10.3. The van der Waals surface area contributed by atoms with Gasteiger partial charge >= 0.3 is 0 Å². The second-order valence-corrected chi connectivity index (χ2v) is 5.46. The quantitative estimate of drug-likeness (QED) is 0.840. The van der Waals surface area contributed by atoms with Crippen LogP contribution in [0.3, 0.4) is 0 Å². The summed E-state index contributed by atoms with van der Waals surface area (Å²) >= 11 is 9.19. The van der Waals surface area contributed by atoms with Crippen LogP contribution in [0.4, 0.5) is 15.9 Å². The van der Waals surface area contributed by atoms with Crippen molar-refractivity contribution < 1.29 is 9.18 Å². The fourth-order valence-electron chi connectivity index (χ4n) is 1.66. The summed E-state index contributed by atoms with van der Waals surface area (Å²) in [7, 11) is 0. The van der Waals surface area contributed by atoms with Gasteiger partial charge in [0.2, 0.25) is 0 Å². The molecule has 0 unspecified atom stereocenters. The summed E-state index contributed by atoms with van der Waals surface area (Å²) in [4.78, 5) is 16.3. The SMILES string of the molecule is CCNc1ccc(Cl)c(C(=O)Nc2cc(Br)ccc2F)n1. The Morgan fingerprint density at radius 2 is 2.14 bits per heavy atom. The van der Waals surface area contributed by atoms with Crippen molar-refractivity contribution in [1.82, 2.24) is 4.98 Å². The first-order chi connectivity index (χ1) is 10.0. The van der Waals surface area contributed by atoms with Gasteiger partial charge in [0.15, 0.2) is 0 Å². The van der Waals surface area contributed by atoms with Crippen molar-refractivity contribution in [2.24, 2.45) is 0 Å². The highest BCUT2D eigenvalue weighted by Gasteiger charge is 2.15. The molecule has 1 aromatic heterocycles. The number of carbonyl (C=O) groups is 1. The summed E-state index contributed by atoms with van der Waals surface area (Å²) in [5.74, 6) is -0.580. The number of carbonyl (C=O) groups excluding carboxylic acids is 1. The molecule has 0 saturated carbocycles. The molecule has 2 aromatic rings. The van der Waals surface area contributed by atoms with Crippen molar-refractivity contribution in [3.05, 3.63) is 51.3 Å². The molecule has 1 aromatic carbocycles. The van der Waals surface area contributed by atoms with Gasteiger partial charge in [0.1, 0.15) is 17.3 Å². The molecular formula is C14H12BrClFN3O. The first-order valence-corrected chi connectivity index (χ1v) is 7.35. The Bertz CT molecular complexity index is 681. The van der Waals surface area contributed by atoms with Crippen LogP contribution in [0.15, 0.2) is 34.8 Å². The number of pyridine rings is 1. The number of nitrogens with one attached hydrogen (secondary N) is 2. The van der Waals surface area contributed by atoms with E-state index < -0.39 is 11.7 Å². The fraction of sp³-hybridized carbons (Fsp3) is 0.143. The van der Waals surface area contributed by atoms with Crippen LogP contribution < -0.4 is 10.6 Å². The molecular weight excluding hydrogens is 361 g/mol. The molecule has 0 aliphatic carbocycles. The molecule has 0 bridgehead atoms. The van der Waals surface area contributed by atoms with Crippen LogP contribution in [-0.4, -0.2) is 17.4 Å². The van der Waals surface area contributed by atoms with Crippen LogP contribution in [0.1, 0.15) is 17.4 Å². The third kappa shape index (κ3) is 3.92. The minimum Gasteiger partial charge on any atom is -0.370 e. The van der Waals surface area contributed by atoms with E-state index in [-0.39, 0.29) is 16.4 Å². The molecule has 0 saturated heterocycles. The van der Waals surface area contributed by atoms with Gasteiger partial charge in [-0.1, -0.05) is 27.5 Å². The van der Waals surface area contributed by atoms with E-state index in [0.29, 0.717) is 16.8 Å². The van der Waals surface area contributed by atoms with Crippen molar-refractivity contribution in [1.29, 1.82) is 0 Å². The smallest absolute Gasteiger partial charge is 0.275 e. The maximum absolute atomic E-state index is 13.6. The maximum Gasteiger partial charge on any atom is 0.275 e. The number of benzene rings is 1. The molecule has 2 N–H and O–H groups in total. The number of nitrogens with zero attached hydrogens (tertiary/aromatic N) is 1. The molecule has 21 heavy (non-hydrogen) atoms. The number of aromatic nitrogens is 1. The van der Waals surface area contributed by atoms with E-state index in [1.165, 1.54) is 12.1 Å². The molecule has 4 nitrogen and oxygen atoms in total. The fourth-order valence-corrected chi connectivity index (χ4v) is 2.21. The van der Waals surface area contributed by atoms with Gasteiger partial charge in [0.05, 0.1) is 10.7 Å². The van der Waals surface area contributed by atoms with Gasteiger partial charge in [-0.05, 0) is 37.3 Å². The third-order valence-corrected chi connectivity index (χ3v) is 3.39.